The third-order valence-corrected chi connectivity index (χ3v) is 3.40. The summed E-state index contributed by atoms with van der Waals surface area (Å²) in [6.07, 6.45) is 3.53. The van der Waals surface area contributed by atoms with Crippen LogP contribution in [-0.2, 0) is 11.3 Å². The fraction of sp³-hybridized carbons (Fsp3) is 0.538. The second-order valence-electron chi connectivity index (χ2n) is 4.63. The average molecular weight is 235 g/mol. The van der Waals surface area contributed by atoms with Crippen LogP contribution in [0.2, 0.25) is 0 Å². The van der Waals surface area contributed by atoms with E-state index in [9.17, 15) is 0 Å². The van der Waals surface area contributed by atoms with Gasteiger partial charge < -0.3 is 19.9 Å². The molecule has 1 aliphatic heterocycles. The van der Waals surface area contributed by atoms with Gasteiger partial charge in [0.2, 0.25) is 6.79 Å². The number of hydrogen-bond donors (Lipinski definition) is 1. The van der Waals surface area contributed by atoms with Crippen molar-refractivity contribution < 1.29 is 14.2 Å². The van der Waals surface area contributed by atoms with Crippen LogP contribution in [-0.4, -0.2) is 18.9 Å². The zero-order chi connectivity index (χ0) is 11.7. The Kier molecular flexibility index (Phi) is 2.91. The second-order valence-corrected chi connectivity index (χ2v) is 4.63. The van der Waals surface area contributed by atoms with Gasteiger partial charge in [-0.05, 0) is 37.0 Å². The molecule has 2 aliphatic rings. The van der Waals surface area contributed by atoms with Gasteiger partial charge in [0.1, 0.15) is 0 Å². The number of rotatable bonds is 3. The topological polar surface area (TPSA) is 53.7 Å². The molecule has 1 fully saturated rings. The van der Waals surface area contributed by atoms with Crippen molar-refractivity contribution in [3.63, 3.8) is 0 Å². The number of benzene rings is 1. The predicted molar refractivity (Wildman–Crippen MR) is 63.0 cm³/mol. The molecule has 0 bridgehead atoms. The van der Waals surface area contributed by atoms with E-state index in [0.717, 1.165) is 29.9 Å². The number of ether oxygens (including phenoxy) is 3. The Labute approximate surface area is 101 Å². The van der Waals surface area contributed by atoms with Gasteiger partial charge in [-0.1, -0.05) is 6.07 Å². The van der Waals surface area contributed by atoms with Crippen molar-refractivity contribution in [3.05, 3.63) is 23.8 Å². The van der Waals surface area contributed by atoms with Gasteiger partial charge in [0.15, 0.2) is 11.5 Å². The van der Waals surface area contributed by atoms with Gasteiger partial charge >= 0.3 is 0 Å². The lowest BCUT2D eigenvalue weighted by atomic mass is 10.2. The van der Waals surface area contributed by atoms with Crippen LogP contribution < -0.4 is 15.2 Å². The molecular weight excluding hydrogens is 218 g/mol. The summed E-state index contributed by atoms with van der Waals surface area (Å²) in [7, 11) is 0. The van der Waals surface area contributed by atoms with Gasteiger partial charge in [-0.2, -0.15) is 0 Å². The lowest BCUT2D eigenvalue weighted by molar-refractivity contribution is 0.0356. The fourth-order valence-electron chi connectivity index (χ4n) is 2.40. The highest BCUT2D eigenvalue weighted by molar-refractivity contribution is 5.44. The number of hydrogen-bond acceptors (Lipinski definition) is 4. The molecule has 2 atom stereocenters. The lowest BCUT2D eigenvalue weighted by Gasteiger charge is -2.16. The summed E-state index contributed by atoms with van der Waals surface area (Å²) >= 11 is 0. The SMILES string of the molecule is N[C@H]1CCC[C@@H]1OCc1ccc2c(c1)OCO2. The van der Waals surface area contributed by atoms with Crippen LogP contribution in [0.15, 0.2) is 18.2 Å². The summed E-state index contributed by atoms with van der Waals surface area (Å²) in [5.74, 6) is 1.62. The van der Waals surface area contributed by atoms with Gasteiger partial charge in [0.25, 0.3) is 0 Å². The van der Waals surface area contributed by atoms with Gasteiger partial charge in [-0.15, -0.1) is 0 Å². The van der Waals surface area contributed by atoms with Crippen LogP contribution in [0.1, 0.15) is 24.8 Å². The summed E-state index contributed by atoms with van der Waals surface area (Å²) < 4.78 is 16.4. The molecule has 17 heavy (non-hydrogen) atoms. The molecule has 0 amide bonds. The molecule has 4 heteroatoms. The third kappa shape index (κ3) is 2.23. The van der Waals surface area contributed by atoms with Crippen molar-refractivity contribution >= 4 is 0 Å². The van der Waals surface area contributed by atoms with E-state index in [1.807, 2.05) is 18.2 Å². The van der Waals surface area contributed by atoms with Crippen molar-refractivity contribution in [3.8, 4) is 11.5 Å². The van der Waals surface area contributed by atoms with Crippen LogP contribution in [0.25, 0.3) is 0 Å². The molecule has 1 aromatic rings. The summed E-state index contributed by atoms with van der Waals surface area (Å²) in [5, 5.41) is 0. The van der Waals surface area contributed by atoms with Crippen LogP contribution in [0, 0.1) is 0 Å². The Bertz CT molecular complexity index is 408. The standard InChI is InChI=1S/C13H17NO3/c14-10-2-1-3-11(10)15-7-9-4-5-12-13(6-9)17-8-16-12/h4-6,10-11H,1-3,7-8,14H2/t10-,11-/m0/s1. The van der Waals surface area contributed by atoms with E-state index in [2.05, 4.69) is 0 Å². The van der Waals surface area contributed by atoms with Crippen molar-refractivity contribution in [2.75, 3.05) is 6.79 Å². The zero-order valence-electron chi connectivity index (χ0n) is 9.72. The largest absolute Gasteiger partial charge is 0.454 e. The third-order valence-electron chi connectivity index (χ3n) is 3.40. The van der Waals surface area contributed by atoms with Crippen LogP contribution in [0.5, 0.6) is 11.5 Å². The molecule has 1 heterocycles. The Balaban J connectivity index is 1.61. The van der Waals surface area contributed by atoms with E-state index in [0.29, 0.717) is 13.4 Å². The molecule has 0 saturated heterocycles. The first kappa shape index (κ1) is 10.9. The maximum absolute atomic E-state index is 5.96. The molecule has 0 spiro atoms. The van der Waals surface area contributed by atoms with Crippen LogP contribution in [0.4, 0.5) is 0 Å². The van der Waals surface area contributed by atoms with E-state index >= 15 is 0 Å². The summed E-state index contributed by atoms with van der Waals surface area (Å²) in [5.41, 5.74) is 7.07. The Morgan fingerprint density at radius 1 is 1.24 bits per heavy atom. The zero-order valence-corrected chi connectivity index (χ0v) is 9.72. The van der Waals surface area contributed by atoms with Crippen molar-refractivity contribution in [1.29, 1.82) is 0 Å². The Hall–Kier alpha value is -1.26. The minimum Gasteiger partial charge on any atom is -0.454 e. The van der Waals surface area contributed by atoms with E-state index < -0.39 is 0 Å². The summed E-state index contributed by atoms with van der Waals surface area (Å²) in [6.45, 7) is 0.905. The van der Waals surface area contributed by atoms with E-state index in [-0.39, 0.29) is 12.1 Å². The number of fused-ring (bicyclic) bond motifs is 1. The highest BCUT2D eigenvalue weighted by Gasteiger charge is 2.24. The molecule has 2 N–H and O–H groups in total. The molecule has 1 aliphatic carbocycles. The highest BCUT2D eigenvalue weighted by Crippen LogP contribution is 2.33. The predicted octanol–water partition coefficient (Wildman–Crippen LogP) is 1.81. The van der Waals surface area contributed by atoms with Crippen molar-refractivity contribution in [2.24, 2.45) is 5.73 Å². The molecular formula is C13H17NO3. The molecule has 1 aromatic carbocycles. The van der Waals surface area contributed by atoms with Crippen LogP contribution in [0.3, 0.4) is 0 Å². The second kappa shape index (κ2) is 4.55. The summed E-state index contributed by atoms with van der Waals surface area (Å²) in [6, 6.07) is 6.11. The van der Waals surface area contributed by atoms with E-state index in [1.165, 1.54) is 6.42 Å². The minimum absolute atomic E-state index is 0.198. The first-order valence-corrected chi connectivity index (χ1v) is 6.08. The molecule has 92 valence electrons. The van der Waals surface area contributed by atoms with E-state index in [4.69, 9.17) is 19.9 Å². The first-order valence-electron chi connectivity index (χ1n) is 6.08. The van der Waals surface area contributed by atoms with Gasteiger partial charge in [-0.25, -0.2) is 0 Å². The fourth-order valence-corrected chi connectivity index (χ4v) is 2.40. The van der Waals surface area contributed by atoms with Crippen molar-refractivity contribution in [2.45, 2.75) is 38.0 Å². The summed E-state index contributed by atoms with van der Waals surface area (Å²) in [4.78, 5) is 0. The Morgan fingerprint density at radius 2 is 2.12 bits per heavy atom. The highest BCUT2D eigenvalue weighted by atomic mass is 16.7. The van der Waals surface area contributed by atoms with Gasteiger partial charge in [0, 0.05) is 6.04 Å². The average Bonchev–Trinajstić information content (AvgIpc) is 2.94. The van der Waals surface area contributed by atoms with Gasteiger partial charge in [0.05, 0.1) is 12.7 Å². The Morgan fingerprint density at radius 3 is 2.94 bits per heavy atom. The van der Waals surface area contributed by atoms with Crippen LogP contribution >= 0.6 is 0 Å². The molecule has 0 aromatic heterocycles. The lowest BCUT2D eigenvalue weighted by Crippen LogP contribution is -2.31. The van der Waals surface area contributed by atoms with Crippen molar-refractivity contribution in [1.82, 2.24) is 0 Å². The molecule has 0 unspecified atom stereocenters. The quantitative estimate of drug-likeness (QED) is 0.868. The maximum Gasteiger partial charge on any atom is 0.231 e. The van der Waals surface area contributed by atoms with Gasteiger partial charge in [-0.3, -0.25) is 0 Å². The first-order chi connectivity index (χ1) is 8.33. The monoisotopic (exact) mass is 235 g/mol. The normalized spacial score (nSPS) is 26.4. The molecule has 0 radical (unpaired) electrons. The maximum atomic E-state index is 5.96. The molecule has 4 nitrogen and oxygen atoms in total. The molecule has 1 saturated carbocycles. The smallest absolute Gasteiger partial charge is 0.231 e. The number of nitrogens with two attached hydrogens (primary N) is 1. The van der Waals surface area contributed by atoms with E-state index in [1.54, 1.807) is 0 Å². The molecule has 3 rings (SSSR count). The minimum atomic E-state index is 0.198.